The van der Waals surface area contributed by atoms with Crippen molar-refractivity contribution in [3.63, 3.8) is 0 Å². The molecule has 4 aromatic rings. The van der Waals surface area contributed by atoms with E-state index in [4.69, 9.17) is 0 Å². The lowest BCUT2D eigenvalue weighted by atomic mass is 10.1. The van der Waals surface area contributed by atoms with Crippen LogP contribution in [0.5, 0.6) is 0 Å². The van der Waals surface area contributed by atoms with Gasteiger partial charge in [0, 0.05) is 7.05 Å². The quantitative estimate of drug-likeness (QED) is 0.465. The number of rotatable bonds is 8. The summed E-state index contributed by atoms with van der Waals surface area (Å²) in [6.07, 6.45) is 1.33. The van der Waals surface area contributed by atoms with E-state index in [1.807, 2.05) is 78.9 Å². The van der Waals surface area contributed by atoms with E-state index >= 15 is 0 Å². The number of hydrogen-bond donors (Lipinski definition) is 1. The molecule has 0 saturated carbocycles. The molecule has 5 heteroatoms. The fourth-order valence-electron chi connectivity index (χ4n) is 3.99. The van der Waals surface area contributed by atoms with Crippen molar-refractivity contribution < 1.29 is 0 Å². The van der Waals surface area contributed by atoms with Crippen LogP contribution in [0, 0.1) is 0 Å². The number of nitrogens with zero attached hydrogens (tertiary/aromatic N) is 2. The van der Waals surface area contributed by atoms with Crippen molar-refractivity contribution in [3.8, 4) is 0 Å². The molecule has 0 amide bonds. The van der Waals surface area contributed by atoms with E-state index in [9.17, 15) is 9.59 Å². The van der Waals surface area contributed by atoms with E-state index in [1.165, 1.54) is 10.1 Å². The molecular weight excluding hydrogens is 398 g/mol. The predicted octanol–water partition coefficient (Wildman–Crippen LogP) is 3.93. The largest absolute Gasteiger partial charge is 0.382 e. The maximum atomic E-state index is 13.6. The minimum atomic E-state index is -0.287. The molecule has 4 rings (SSSR count). The van der Waals surface area contributed by atoms with Gasteiger partial charge in [0.1, 0.15) is 5.69 Å². The van der Waals surface area contributed by atoms with Crippen LogP contribution in [-0.4, -0.2) is 16.2 Å². The van der Waals surface area contributed by atoms with Gasteiger partial charge in [-0.1, -0.05) is 91.0 Å². The molecule has 0 spiro atoms. The highest BCUT2D eigenvalue weighted by Gasteiger charge is 2.19. The molecule has 5 nitrogen and oxygen atoms in total. The number of anilines is 1. The van der Waals surface area contributed by atoms with Crippen LogP contribution >= 0.6 is 0 Å². The molecule has 0 saturated heterocycles. The maximum absolute atomic E-state index is 13.6. The van der Waals surface area contributed by atoms with Gasteiger partial charge in [0.05, 0.1) is 18.8 Å². The fraction of sp³-hybridized carbons (Fsp3) is 0.185. The van der Waals surface area contributed by atoms with Crippen LogP contribution < -0.4 is 16.6 Å². The van der Waals surface area contributed by atoms with E-state index in [1.54, 1.807) is 11.6 Å². The number of aromatic nitrogens is 2. The van der Waals surface area contributed by atoms with E-state index < -0.39 is 0 Å². The smallest absolute Gasteiger partial charge is 0.331 e. The molecular formula is C27H27N3O2. The van der Waals surface area contributed by atoms with Crippen molar-refractivity contribution in [1.29, 1.82) is 0 Å². The van der Waals surface area contributed by atoms with Crippen LogP contribution in [0.25, 0.3) is 0 Å². The summed E-state index contributed by atoms with van der Waals surface area (Å²) in [4.78, 5) is 26.9. The summed E-state index contributed by atoms with van der Waals surface area (Å²) < 4.78 is 3.07. The van der Waals surface area contributed by atoms with E-state index in [0.717, 1.165) is 23.2 Å². The Bertz CT molecular complexity index is 1280. The zero-order valence-corrected chi connectivity index (χ0v) is 18.2. The van der Waals surface area contributed by atoms with E-state index in [2.05, 4.69) is 17.4 Å². The van der Waals surface area contributed by atoms with Crippen LogP contribution in [-0.2, 0) is 25.9 Å². The van der Waals surface area contributed by atoms with Crippen molar-refractivity contribution in [3.05, 3.63) is 134 Å². The first-order chi connectivity index (χ1) is 15.7. The molecule has 0 atom stereocenters. The molecule has 32 heavy (non-hydrogen) atoms. The summed E-state index contributed by atoms with van der Waals surface area (Å²) in [6, 6.07) is 29.6. The molecule has 0 aliphatic rings. The summed E-state index contributed by atoms with van der Waals surface area (Å²) >= 11 is 0. The summed E-state index contributed by atoms with van der Waals surface area (Å²) in [5.74, 6) is 0. The molecule has 0 radical (unpaired) electrons. The Labute approximate surface area is 187 Å². The number of benzene rings is 3. The summed E-state index contributed by atoms with van der Waals surface area (Å²) in [5.41, 5.74) is 3.74. The van der Waals surface area contributed by atoms with Gasteiger partial charge in [0.15, 0.2) is 0 Å². The van der Waals surface area contributed by atoms with Crippen LogP contribution in [0.2, 0.25) is 0 Å². The zero-order chi connectivity index (χ0) is 22.3. The van der Waals surface area contributed by atoms with Gasteiger partial charge in [-0.2, -0.15) is 0 Å². The molecule has 0 unspecified atom stereocenters. The number of aryl methyl sites for hydroxylation is 1. The highest BCUT2D eigenvalue weighted by molar-refractivity contribution is 5.46. The van der Waals surface area contributed by atoms with Gasteiger partial charge in [0.25, 0.3) is 5.56 Å². The molecule has 162 valence electrons. The third-order valence-corrected chi connectivity index (χ3v) is 5.65. The predicted molar refractivity (Wildman–Crippen MR) is 129 cm³/mol. The van der Waals surface area contributed by atoms with Gasteiger partial charge in [-0.15, -0.1) is 0 Å². The van der Waals surface area contributed by atoms with Gasteiger partial charge in [-0.3, -0.25) is 13.9 Å². The first-order valence-corrected chi connectivity index (χ1v) is 10.8. The minimum absolute atomic E-state index is 0.237. The molecule has 0 aliphatic heterocycles. The lowest BCUT2D eigenvalue weighted by Gasteiger charge is -2.20. The second-order valence-corrected chi connectivity index (χ2v) is 7.79. The molecule has 0 fully saturated rings. The molecule has 0 aliphatic carbocycles. The molecule has 0 bridgehead atoms. The average Bonchev–Trinajstić information content (AvgIpc) is 2.84. The fourth-order valence-corrected chi connectivity index (χ4v) is 3.99. The Hall–Kier alpha value is -3.86. The highest BCUT2D eigenvalue weighted by Crippen LogP contribution is 2.15. The Kier molecular flexibility index (Phi) is 6.66. The Morgan fingerprint density at radius 1 is 0.625 bits per heavy atom. The summed E-state index contributed by atoms with van der Waals surface area (Å²) in [6.45, 7) is 0.647. The van der Waals surface area contributed by atoms with Gasteiger partial charge < -0.3 is 5.32 Å². The first kappa shape index (κ1) is 21.4. The van der Waals surface area contributed by atoms with Crippen molar-refractivity contribution in [2.75, 3.05) is 12.4 Å². The van der Waals surface area contributed by atoms with Gasteiger partial charge >= 0.3 is 5.69 Å². The number of hydrogen-bond acceptors (Lipinski definition) is 3. The topological polar surface area (TPSA) is 56.0 Å². The zero-order valence-electron chi connectivity index (χ0n) is 18.2. The van der Waals surface area contributed by atoms with Crippen LogP contribution in [0.1, 0.15) is 22.4 Å². The normalized spacial score (nSPS) is 10.8. The monoisotopic (exact) mass is 425 g/mol. The highest BCUT2D eigenvalue weighted by atomic mass is 16.2. The molecule has 3 aromatic carbocycles. The summed E-state index contributed by atoms with van der Waals surface area (Å²) in [7, 11) is 1.74. The van der Waals surface area contributed by atoms with Crippen molar-refractivity contribution >= 4 is 5.69 Å². The lowest BCUT2D eigenvalue weighted by Crippen LogP contribution is -2.43. The second kappa shape index (κ2) is 9.96. The maximum Gasteiger partial charge on any atom is 0.331 e. The van der Waals surface area contributed by atoms with Crippen molar-refractivity contribution in [1.82, 2.24) is 9.13 Å². The van der Waals surface area contributed by atoms with Crippen LogP contribution in [0.15, 0.2) is 101 Å². The van der Waals surface area contributed by atoms with Crippen molar-refractivity contribution in [2.24, 2.45) is 0 Å². The number of nitrogens with one attached hydrogen (secondary N) is 1. The van der Waals surface area contributed by atoms with Crippen LogP contribution in [0.3, 0.4) is 0 Å². The minimum Gasteiger partial charge on any atom is -0.382 e. The first-order valence-electron chi connectivity index (χ1n) is 10.8. The Morgan fingerprint density at radius 3 is 1.59 bits per heavy atom. The second-order valence-electron chi connectivity index (χ2n) is 7.79. The summed E-state index contributed by atoms with van der Waals surface area (Å²) in [5, 5.41) is 3.09. The van der Waals surface area contributed by atoms with Crippen LogP contribution in [0.4, 0.5) is 5.69 Å². The molecule has 1 heterocycles. The van der Waals surface area contributed by atoms with Gasteiger partial charge in [-0.05, 0) is 29.5 Å². The molecule has 1 aromatic heterocycles. The van der Waals surface area contributed by atoms with E-state index in [-0.39, 0.29) is 17.8 Å². The van der Waals surface area contributed by atoms with Gasteiger partial charge in [0.2, 0.25) is 0 Å². The standard InChI is InChI=1S/C27H27N3O2/c1-28-25-24(18-17-21-11-5-2-6-12-21)29(19-22-13-7-3-8-14-22)27(32)30(26(25)31)20-23-15-9-4-10-16-23/h2-16,28H,17-20H2,1H3. The Morgan fingerprint density at radius 2 is 1.09 bits per heavy atom. The third-order valence-electron chi connectivity index (χ3n) is 5.65. The molecule has 1 N–H and O–H groups in total. The lowest BCUT2D eigenvalue weighted by molar-refractivity contribution is 0.587. The van der Waals surface area contributed by atoms with Gasteiger partial charge in [-0.25, -0.2) is 4.79 Å². The average molecular weight is 426 g/mol. The van der Waals surface area contributed by atoms with Crippen molar-refractivity contribution in [2.45, 2.75) is 25.9 Å². The SMILES string of the molecule is CNc1c(CCc2ccccc2)n(Cc2ccccc2)c(=O)n(Cc2ccccc2)c1=O. The Balaban J connectivity index is 1.82. The van der Waals surface area contributed by atoms with E-state index in [0.29, 0.717) is 18.7 Å². The third kappa shape index (κ3) is 4.72.